The molecule has 1 aromatic carbocycles. The van der Waals surface area contributed by atoms with Crippen molar-refractivity contribution in [3.05, 3.63) is 46.6 Å². The summed E-state index contributed by atoms with van der Waals surface area (Å²) >= 11 is 1.52. The monoisotopic (exact) mass is 299 g/mol. The Balaban J connectivity index is 2.13. The van der Waals surface area contributed by atoms with Crippen molar-refractivity contribution < 1.29 is 9.90 Å². The summed E-state index contributed by atoms with van der Waals surface area (Å²) in [6.07, 6.45) is 0. The molecule has 0 spiro atoms. The Morgan fingerprint density at radius 1 is 1.24 bits per heavy atom. The van der Waals surface area contributed by atoms with E-state index in [4.69, 9.17) is 0 Å². The zero-order valence-electron chi connectivity index (χ0n) is 11.5. The summed E-state index contributed by atoms with van der Waals surface area (Å²) in [5.41, 5.74) is 0.974. The average molecular weight is 299 g/mol. The van der Waals surface area contributed by atoms with Crippen LogP contribution in [0.2, 0.25) is 0 Å². The molecular weight excluding hydrogens is 286 g/mol. The third-order valence-electron chi connectivity index (χ3n) is 3.21. The molecule has 0 atom stereocenters. The van der Waals surface area contributed by atoms with Crippen molar-refractivity contribution in [3.63, 3.8) is 0 Å². The first-order valence-corrected chi connectivity index (χ1v) is 7.20. The number of hydrogen-bond donors (Lipinski definition) is 2. The SMILES string of the molecule is Cc1nc(Nc2nc(C(=O)O)cc3ccccc23)sc1C. The number of aryl methyl sites for hydroxylation is 2. The van der Waals surface area contributed by atoms with Gasteiger partial charge in [-0.25, -0.2) is 14.8 Å². The average Bonchev–Trinajstić information content (AvgIpc) is 2.77. The highest BCUT2D eigenvalue weighted by atomic mass is 32.1. The van der Waals surface area contributed by atoms with Crippen molar-refractivity contribution in [3.8, 4) is 0 Å². The van der Waals surface area contributed by atoms with Gasteiger partial charge in [0, 0.05) is 10.3 Å². The van der Waals surface area contributed by atoms with Crippen LogP contribution in [0.4, 0.5) is 10.9 Å². The molecule has 0 bridgehead atoms. The number of fused-ring (bicyclic) bond motifs is 1. The normalized spacial score (nSPS) is 10.8. The van der Waals surface area contributed by atoms with Crippen LogP contribution in [0.3, 0.4) is 0 Å². The third-order valence-corrected chi connectivity index (χ3v) is 4.20. The van der Waals surface area contributed by atoms with Crippen molar-refractivity contribution in [2.45, 2.75) is 13.8 Å². The van der Waals surface area contributed by atoms with Crippen molar-refractivity contribution in [2.24, 2.45) is 0 Å². The molecule has 0 radical (unpaired) electrons. The van der Waals surface area contributed by atoms with E-state index in [-0.39, 0.29) is 5.69 Å². The molecule has 2 N–H and O–H groups in total. The topological polar surface area (TPSA) is 75.1 Å². The third kappa shape index (κ3) is 2.57. The molecular formula is C15H13N3O2S. The maximum absolute atomic E-state index is 11.2. The number of benzene rings is 1. The highest BCUT2D eigenvalue weighted by Crippen LogP contribution is 2.28. The Kier molecular flexibility index (Phi) is 3.31. The summed E-state index contributed by atoms with van der Waals surface area (Å²) in [6.45, 7) is 3.94. The van der Waals surface area contributed by atoms with Crippen LogP contribution in [0.1, 0.15) is 21.1 Å². The second kappa shape index (κ2) is 5.14. The van der Waals surface area contributed by atoms with Gasteiger partial charge < -0.3 is 10.4 Å². The highest BCUT2D eigenvalue weighted by molar-refractivity contribution is 7.15. The predicted molar refractivity (Wildman–Crippen MR) is 83.6 cm³/mol. The zero-order chi connectivity index (χ0) is 15.0. The number of aromatic nitrogens is 2. The van der Waals surface area contributed by atoms with Gasteiger partial charge in [0.2, 0.25) is 0 Å². The molecule has 0 saturated carbocycles. The fourth-order valence-electron chi connectivity index (χ4n) is 2.03. The lowest BCUT2D eigenvalue weighted by Gasteiger charge is -2.08. The van der Waals surface area contributed by atoms with Crippen LogP contribution < -0.4 is 5.32 Å². The second-order valence-electron chi connectivity index (χ2n) is 4.67. The minimum Gasteiger partial charge on any atom is -0.477 e. The Morgan fingerprint density at radius 2 is 2.00 bits per heavy atom. The number of carboxylic acids is 1. The first kappa shape index (κ1) is 13.5. The van der Waals surface area contributed by atoms with Crippen LogP contribution in [-0.4, -0.2) is 21.0 Å². The number of rotatable bonds is 3. The Hall–Kier alpha value is -2.47. The molecule has 2 heterocycles. The number of carbonyl (C=O) groups is 1. The molecule has 5 nitrogen and oxygen atoms in total. The molecule has 0 unspecified atom stereocenters. The number of carboxylic acid groups (broad SMARTS) is 1. The smallest absolute Gasteiger partial charge is 0.354 e. The van der Waals surface area contributed by atoms with Gasteiger partial charge in [0.25, 0.3) is 0 Å². The quantitative estimate of drug-likeness (QED) is 0.770. The maximum Gasteiger partial charge on any atom is 0.354 e. The zero-order valence-corrected chi connectivity index (χ0v) is 12.4. The van der Waals surface area contributed by atoms with Crippen LogP contribution >= 0.6 is 11.3 Å². The van der Waals surface area contributed by atoms with E-state index in [0.29, 0.717) is 10.9 Å². The van der Waals surface area contributed by atoms with Crippen molar-refractivity contribution >= 4 is 39.0 Å². The number of nitrogens with zero attached hydrogens (tertiary/aromatic N) is 2. The summed E-state index contributed by atoms with van der Waals surface area (Å²) in [6, 6.07) is 9.11. The van der Waals surface area contributed by atoms with Crippen molar-refractivity contribution in [1.82, 2.24) is 9.97 Å². The van der Waals surface area contributed by atoms with Gasteiger partial charge >= 0.3 is 5.97 Å². The molecule has 0 aliphatic rings. The van der Waals surface area contributed by atoms with E-state index in [0.717, 1.165) is 21.3 Å². The number of thiazole rings is 1. The molecule has 3 rings (SSSR count). The van der Waals surface area contributed by atoms with Gasteiger partial charge in [-0.2, -0.15) is 0 Å². The lowest BCUT2D eigenvalue weighted by atomic mass is 10.1. The van der Waals surface area contributed by atoms with Gasteiger partial charge in [-0.15, -0.1) is 11.3 Å². The Bertz CT molecular complexity index is 823. The van der Waals surface area contributed by atoms with Gasteiger partial charge in [0.1, 0.15) is 5.82 Å². The summed E-state index contributed by atoms with van der Waals surface area (Å²) in [4.78, 5) is 20.9. The van der Waals surface area contributed by atoms with E-state index in [1.165, 1.54) is 11.3 Å². The van der Waals surface area contributed by atoms with Gasteiger partial charge in [-0.05, 0) is 25.3 Å². The van der Waals surface area contributed by atoms with E-state index >= 15 is 0 Å². The van der Waals surface area contributed by atoms with Crippen LogP contribution in [0.15, 0.2) is 30.3 Å². The maximum atomic E-state index is 11.2. The van der Waals surface area contributed by atoms with Crippen molar-refractivity contribution in [1.29, 1.82) is 0 Å². The fourth-order valence-corrected chi connectivity index (χ4v) is 2.84. The van der Waals surface area contributed by atoms with Crippen LogP contribution in [-0.2, 0) is 0 Å². The lowest BCUT2D eigenvalue weighted by Crippen LogP contribution is -2.04. The highest BCUT2D eigenvalue weighted by Gasteiger charge is 2.12. The summed E-state index contributed by atoms with van der Waals surface area (Å²) < 4.78 is 0. The first-order valence-electron chi connectivity index (χ1n) is 6.39. The standard InChI is InChI=1S/C15H13N3O2S/c1-8-9(2)21-15(16-8)18-13-11-6-4-3-5-10(11)7-12(17-13)14(19)20/h3-7H,1-2H3,(H,19,20)(H,16,17,18). The molecule has 0 saturated heterocycles. The Morgan fingerprint density at radius 3 is 2.67 bits per heavy atom. The van der Waals surface area contributed by atoms with E-state index in [1.54, 1.807) is 6.07 Å². The van der Waals surface area contributed by atoms with Crippen molar-refractivity contribution in [2.75, 3.05) is 5.32 Å². The molecule has 2 aromatic heterocycles. The molecule has 0 aliphatic heterocycles. The van der Waals surface area contributed by atoms with Crippen LogP contribution in [0.25, 0.3) is 10.8 Å². The molecule has 0 fully saturated rings. The predicted octanol–water partition coefficient (Wildman–Crippen LogP) is 3.75. The van der Waals surface area contributed by atoms with Gasteiger partial charge in [-0.3, -0.25) is 0 Å². The summed E-state index contributed by atoms with van der Waals surface area (Å²) in [5, 5.41) is 14.7. The number of anilines is 2. The number of hydrogen-bond acceptors (Lipinski definition) is 5. The molecule has 106 valence electrons. The Labute approximate surface area is 125 Å². The number of pyridine rings is 1. The molecule has 0 amide bonds. The molecule has 6 heteroatoms. The number of nitrogens with one attached hydrogen (secondary N) is 1. The van der Waals surface area contributed by atoms with Gasteiger partial charge in [0.05, 0.1) is 5.69 Å². The minimum atomic E-state index is -1.05. The summed E-state index contributed by atoms with van der Waals surface area (Å²) in [7, 11) is 0. The van der Waals surface area contributed by atoms with Crippen LogP contribution in [0, 0.1) is 13.8 Å². The van der Waals surface area contributed by atoms with Gasteiger partial charge in [0.15, 0.2) is 10.8 Å². The van der Waals surface area contributed by atoms with Crippen LogP contribution in [0.5, 0.6) is 0 Å². The largest absolute Gasteiger partial charge is 0.477 e. The molecule has 21 heavy (non-hydrogen) atoms. The second-order valence-corrected chi connectivity index (χ2v) is 5.87. The molecule has 3 aromatic rings. The first-order chi connectivity index (χ1) is 10.0. The number of aromatic carboxylic acids is 1. The van der Waals surface area contributed by atoms with E-state index in [1.807, 2.05) is 38.1 Å². The lowest BCUT2D eigenvalue weighted by molar-refractivity contribution is 0.0691. The fraction of sp³-hybridized carbons (Fsp3) is 0.133. The van der Waals surface area contributed by atoms with E-state index in [9.17, 15) is 9.90 Å². The summed E-state index contributed by atoms with van der Waals surface area (Å²) in [5.74, 6) is -0.533. The molecule has 0 aliphatic carbocycles. The minimum absolute atomic E-state index is 0.0150. The van der Waals surface area contributed by atoms with E-state index in [2.05, 4.69) is 15.3 Å². The van der Waals surface area contributed by atoms with Gasteiger partial charge in [-0.1, -0.05) is 24.3 Å². The van der Waals surface area contributed by atoms with E-state index < -0.39 is 5.97 Å².